The molecule has 1 aromatic carbocycles. The molecule has 3 nitrogen and oxygen atoms in total. The van der Waals surface area contributed by atoms with Crippen LogP contribution in [-0.4, -0.2) is 33.5 Å². The molecule has 1 rings (SSSR count). The van der Waals surface area contributed by atoms with Crippen LogP contribution in [0.3, 0.4) is 0 Å². The van der Waals surface area contributed by atoms with Crippen LogP contribution in [-0.2, 0) is 15.9 Å². The van der Waals surface area contributed by atoms with Gasteiger partial charge in [-0.25, -0.2) is 0 Å². The SMILES string of the molecule is CCCc1cccc(C(CCOCCOC)NCC)c1. The summed E-state index contributed by atoms with van der Waals surface area (Å²) in [5.74, 6) is 0. The normalized spacial score (nSPS) is 12.6. The van der Waals surface area contributed by atoms with Crippen LogP contribution in [0.1, 0.15) is 43.9 Å². The first-order valence-corrected chi connectivity index (χ1v) is 7.70. The first-order valence-electron chi connectivity index (χ1n) is 7.70. The quantitative estimate of drug-likeness (QED) is 0.630. The number of rotatable bonds is 11. The number of hydrogen-bond donors (Lipinski definition) is 1. The first kappa shape index (κ1) is 17.2. The topological polar surface area (TPSA) is 30.5 Å². The zero-order valence-electron chi connectivity index (χ0n) is 13.2. The van der Waals surface area contributed by atoms with Crippen LogP contribution >= 0.6 is 0 Å². The number of hydrogen-bond acceptors (Lipinski definition) is 3. The number of benzene rings is 1. The third-order valence-electron chi connectivity index (χ3n) is 3.33. The highest BCUT2D eigenvalue weighted by Crippen LogP contribution is 2.19. The molecule has 0 bridgehead atoms. The van der Waals surface area contributed by atoms with Crippen molar-refractivity contribution in [2.45, 2.75) is 39.2 Å². The minimum Gasteiger partial charge on any atom is -0.382 e. The average molecular weight is 279 g/mol. The van der Waals surface area contributed by atoms with Gasteiger partial charge in [-0.05, 0) is 30.5 Å². The second-order valence-corrected chi connectivity index (χ2v) is 5.00. The predicted octanol–water partition coefficient (Wildman–Crippen LogP) is 3.34. The van der Waals surface area contributed by atoms with Crippen LogP contribution in [0.25, 0.3) is 0 Å². The van der Waals surface area contributed by atoms with Crippen LogP contribution < -0.4 is 5.32 Å². The Morgan fingerprint density at radius 3 is 2.70 bits per heavy atom. The zero-order valence-corrected chi connectivity index (χ0v) is 13.2. The third-order valence-corrected chi connectivity index (χ3v) is 3.33. The molecule has 0 fully saturated rings. The molecule has 0 spiro atoms. The summed E-state index contributed by atoms with van der Waals surface area (Å²) in [5, 5.41) is 3.55. The van der Waals surface area contributed by atoms with Crippen molar-refractivity contribution < 1.29 is 9.47 Å². The summed E-state index contributed by atoms with van der Waals surface area (Å²) in [7, 11) is 1.70. The molecule has 0 aliphatic carbocycles. The van der Waals surface area contributed by atoms with Gasteiger partial charge in [-0.15, -0.1) is 0 Å². The lowest BCUT2D eigenvalue weighted by Crippen LogP contribution is -2.22. The van der Waals surface area contributed by atoms with Gasteiger partial charge in [0.2, 0.25) is 0 Å². The van der Waals surface area contributed by atoms with Crippen molar-refractivity contribution in [3.63, 3.8) is 0 Å². The fourth-order valence-electron chi connectivity index (χ4n) is 2.33. The Bertz CT molecular complexity index is 355. The Morgan fingerprint density at radius 2 is 2.00 bits per heavy atom. The molecule has 0 amide bonds. The lowest BCUT2D eigenvalue weighted by molar-refractivity contribution is 0.0658. The summed E-state index contributed by atoms with van der Waals surface area (Å²) >= 11 is 0. The number of methoxy groups -OCH3 is 1. The molecule has 1 aromatic rings. The van der Waals surface area contributed by atoms with Gasteiger partial charge in [0.25, 0.3) is 0 Å². The monoisotopic (exact) mass is 279 g/mol. The standard InChI is InChI=1S/C17H29NO2/c1-4-7-15-8-6-9-16(14-15)17(18-5-2)10-11-20-13-12-19-3/h6,8-9,14,17-18H,4-5,7,10-13H2,1-3H3. The predicted molar refractivity (Wildman–Crippen MR) is 84.2 cm³/mol. The second-order valence-electron chi connectivity index (χ2n) is 5.00. The summed E-state index contributed by atoms with van der Waals surface area (Å²) in [6.45, 7) is 7.44. The largest absolute Gasteiger partial charge is 0.382 e. The molecular formula is C17H29NO2. The Hall–Kier alpha value is -0.900. The first-order chi connectivity index (χ1) is 9.81. The molecule has 3 heteroatoms. The molecule has 0 aromatic heterocycles. The lowest BCUT2D eigenvalue weighted by atomic mass is 10.00. The van der Waals surface area contributed by atoms with Gasteiger partial charge in [-0.3, -0.25) is 0 Å². The summed E-state index contributed by atoms with van der Waals surface area (Å²) in [6.07, 6.45) is 3.33. The summed E-state index contributed by atoms with van der Waals surface area (Å²) in [4.78, 5) is 0. The molecule has 1 unspecified atom stereocenters. The second kappa shape index (κ2) is 10.8. The summed E-state index contributed by atoms with van der Waals surface area (Å²) in [6, 6.07) is 9.29. The van der Waals surface area contributed by atoms with E-state index in [0.717, 1.165) is 26.0 Å². The van der Waals surface area contributed by atoms with Gasteiger partial charge in [0.15, 0.2) is 0 Å². The fraction of sp³-hybridized carbons (Fsp3) is 0.647. The van der Waals surface area contributed by atoms with E-state index >= 15 is 0 Å². The molecule has 0 radical (unpaired) electrons. The van der Waals surface area contributed by atoms with Crippen LogP contribution in [0.2, 0.25) is 0 Å². The summed E-state index contributed by atoms with van der Waals surface area (Å²) in [5.41, 5.74) is 2.79. The van der Waals surface area contributed by atoms with Gasteiger partial charge in [-0.2, -0.15) is 0 Å². The fourth-order valence-corrected chi connectivity index (χ4v) is 2.33. The van der Waals surface area contributed by atoms with Gasteiger partial charge in [0.05, 0.1) is 13.2 Å². The van der Waals surface area contributed by atoms with Crippen molar-refractivity contribution in [3.05, 3.63) is 35.4 Å². The molecule has 114 valence electrons. The molecule has 0 aliphatic rings. The minimum absolute atomic E-state index is 0.374. The molecule has 1 atom stereocenters. The Balaban J connectivity index is 2.53. The molecule has 1 N–H and O–H groups in total. The van der Waals surface area contributed by atoms with E-state index in [0.29, 0.717) is 19.3 Å². The van der Waals surface area contributed by atoms with E-state index < -0.39 is 0 Å². The van der Waals surface area contributed by atoms with Crippen molar-refractivity contribution in [3.8, 4) is 0 Å². The van der Waals surface area contributed by atoms with Crippen molar-refractivity contribution in [1.29, 1.82) is 0 Å². The number of nitrogens with one attached hydrogen (secondary N) is 1. The van der Waals surface area contributed by atoms with Crippen molar-refractivity contribution in [2.24, 2.45) is 0 Å². The lowest BCUT2D eigenvalue weighted by Gasteiger charge is -2.19. The molecule has 0 heterocycles. The zero-order chi connectivity index (χ0) is 14.6. The van der Waals surface area contributed by atoms with E-state index in [-0.39, 0.29) is 0 Å². The van der Waals surface area contributed by atoms with Crippen LogP contribution in [0.15, 0.2) is 24.3 Å². The molecule has 0 saturated heterocycles. The van der Waals surface area contributed by atoms with E-state index in [9.17, 15) is 0 Å². The maximum Gasteiger partial charge on any atom is 0.0700 e. The summed E-state index contributed by atoms with van der Waals surface area (Å²) < 4.78 is 10.6. The highest BCUT2D eigenvalue weighted by atomic mass is 16.5. The van der Waals surface area contributed by atoms with Gasteiger partial charge >= 0.3 is 0 Å². The van der Waals surface area contributed by atoms with Gasteiger partial charge in [-0.1, -0.05) is 44.5 Å². The molecule has 20 heavy (non-hydrogen) atoms. The van der Waals surface area contributed by atoms with Gasteiger partial charge in [0.1, 0.15) is 0 Å². The van der Waals surface area contributed by atoms with E-state index in [2.05, 4.69) is 43.4 Å². The van der Waals surface area contributed by atoms with E-state index in [1.54, 1.807) is 7.11 Å². The van der Waals surface area contributed by atoms with E-state index in [1.807, 2.05) is 0 Å². The minimum atomic E-state index is 0.374. The van der Waals surface area contributed by atoms with Crippen LogP contribution in [0, 0.1) is 0 Å². The number of ether oxygens (including phenoxy) is 2. The molecular weight excluding hydrogens is 250 g/mol. The highest BCUT2D eigenvalue weighted by Gasteiger charge is 2.10. The van der Waals surface area contributed by atoms with Gasteiger partial charge < -0.3 is 14.8 Å². The average Bonchev–Trinajstić information content (AvgIpc) is 2.46. The van der Waals surface area contributed by atoms with Crippen LogP contribution in [0.4, 0.5) is 0 Å². The smallest absolute Gasteiger partial charge is 0.0700 e. The van der Waals surface area contributed by atoms with Crippen molar-refractivity contribution >= 4 is 0 Å². The van der Waals surface area contributed by atoms with E-state index in [4.69, 9.17) is 9.47 Å². The van der Waals surface area contributed by atoms with Crippen LogP contribution in [0.5, 0.6) is 0 Å². The maximum atomic E-state index is 5.59. The molecule has 0 aliphatic heterocycles. The number of aryl methyl sites for hydroxylation is 1. The highest BCUT2D eigenvalue weighted by molar-refractivity contribution is 5.26. The Labute approximate surface area is 123 Å². The molecule has 0 saturated carbocycles. The Kier molecular flexibility index (Phi) is 9.29. The Morgan fingerprint density at radius 1 is 1.15 bits per heavy atom. The van der Waals surface area contributed by atoms with Crippen molar-refractivity contribution in [1.82, 2.24) is 5.32 Å². The maximum absolute atomic E-state index is 5.59. The van der Waals surface area contributed by atoms with E-state index in [1.165, 1.54) is 17.5 Å². The third kappa shape index (κ3) is 6.51. The van der Waals surface area contributed by atoms with Gasteiger partial charge in [0, 0.05) is 19.8 Å². The van der Waals surface area contributed by atoms with Crippen molar-refractivity contribution in [2.75, 3.05) is 33.5 Å².